The van der Waals surface area contributed by atoms with Crippen molar-refractivity contribution in [2.45, 2.75) is 210 Å². The number of rotatable bonds is 19. The Balaban J connectivity index is 1.70. The first-order chi connectivity index (χ1) is 30.7. The molecule has 1 saturated heterocycles. The number of benzene rings is 2. The van der Waals surface area contributed by atoms with Gasteiger partial charge in [0.15, 0.2) is 0 Å². The van der Waals surface area contributed by atoms with Crippen LogP contribution < -0.4 is 10.6 Å². The van der Waals surface area contributed by atoms with Gasteiger partial charge in [-0.2, -0.15) is 0 Å². The maximum absolute atomic E-state index is 13.5. The van der Waals surface area contributed by atoms with Gasteiger partial charge in [-0.25, -0.2) is 0 Å². The minimum absolute atomic E-state index is 0.00321. The molecule has 9 N–H and O–H groups in total. The molecule has 0 spiro atoms. The Morgan fingerprint density at radius 1 is 0.969 bits per heavy atom. The summed E-state index contributed by atoms with van der Waals surface area (Å²) in [6.07, 6.45) is 14.3. The minimum atomic E-state index is -1.37. The third-order valence-electron chi connectivity index (χ3n) is 14.9. The van der Waals surface area contributed by atoms with Crippen LogP contribution in [0.3, 0.4) is 0 Å². The van der Waals surface area contributed by atoms with E-state index < -0.39 is 54.0 Å². The highest BCUT2D eigenvalue weighted by Gasteiger charge is 2.53. The minimum Gasteiger partial charge on any atom is -0.508 e. The number of carboxylic acids is 1. The fraction of sp³-hybridized carbons (Fsp3) is 0.648. The van der Waals surface area contributed by atoms with Gasteiger partial charge in [0.25, 0.3) is 0 Å². The Morgan fingerprint density at radius 2 is 1.72 bits per heavy atom. The lowest BCUT2D eigenvalue weighted by atomic mass is 9.57. The zero-order valence-corrected chi connectivity index (χ0v) is 39.2. The number of nitrogens with one attached hydrogen (secondary N) is 2. The first kappa shape index (κ1) is 51.5. The quantitative estimate of drug-likeness (QED) is 0.0629. The number of unbranched alkanes of at least 4 members (excludes halogenated alkanes) is 1. The summed E-state index contributed by atoms with van der Waals surface area (Å²) in [7, 11) is 0. The van der Waals surface area contributed by atoms with Crippen molar-refractivity contribution in [3.05, 3.63) is 88.0 Å². The van der Waals surface area contributed by atoms with Crippen LogP contribution in [0.2, 0.25) is 0 Å². The van der Waals surface area contributed by atoms with E-state index in [0.29, 0.717) is 38.5 Å². The third kappa shape index (κ3) is 13.5. The van der Waals surface area contributed by atoms with E-state index in [1.807, 2.05) is 32.1 Å². The fourth-order valence-corrected chi connectivity index (χ4v) is 11.1. The molecule has 5 rings (SSSR count). The van der Waals surface area contributed by atoms with Crippen molar-refractivity contribution in [3.63, 3.8) is 0 Å². The Morgan fingerprint density at radius 3 is 2.41 bits per heavy atom. The Kier molecular flexibility index (Phi) is 20.0. The second kappa shape index (κ2) is 24.8. The topological polar surface area (TPSA) is 183 Å². The summed E-state index contributed by atoms with van der Waals surface area (Å²) < 4.78 is 0. The van der Waals surface area contributed by atoms with Crippen molar-refractivity contribution in [3.8, 4) is 17.6 Å². The number of aliphatic hydroxyl groups is 5. The molecule has 0 aromatic heterocycles. The molecule has 0 bridgehead atoms. The van der Waals surface area contributed by atoms with Crippen molar-refractivity contribution in [1.82, 2.24) is 10.6 Å². The lowest BCUT2D eigenvalue weighted by Gasteiger charge is -2.52. The first-order valence-corrected chi connectivity index (χ1v) is 24.6. The van der Waals surface area contributed by atoms with Crippen LogP contribution in [0.25, 0.3) is 0 Å². The number of hydrogen-bond donors (Lipinski definition) is 9. The van der Waals surface area contributed by atoms with Crippen LogP contribution in [0.4, 0.5) is 0 Å². The van der Waals surface area contributed by atoms with E-state index in [2.05, 4.69) is 54.5 Å². The third-order valence-corrected chi connectivity index (χ3v) is 14.9. The number of aryl methyl sites for hydroxylation is 2. The Bertz CT molecular complexity index is 1890. The molecule has 9 atom stereocenters. The first-order valence-electron chi connectivity index (χ1n) is 24.6. The second-order valence-electron chi connectivity index (χ2n) is 19.5. The van der Waals surface area contributed by atoms with Gasteiger partial charge in [0.2, 0.25) is 0 Å². The number of carboxylic acid groups (broad SMARTS) is 1. The van der Waals surface area contributed by atoms with Crippen molar-refractivity contribution >= 4 is 5.97 Å². The van der Waals surface area contributed by atoms with Crippen LogP contribution in [0.15, 0.2) is 65.8 Å². The van der Waals surface area contributed by atoms with Gasteiger partial charge < -0.3 is 46.4 Å². The van der Waals surface area contributed by atoms with E-state index in [1.54, 1.807) is 18.2 Å². The molecule has 2 aliphatic heterocycles. The number of aliphatic carboxylic acids is 1. The predicted octanol–water partition coefficient (Wildman–Crippen LogP) is 7.92. The summed E-state index contributed by atoms with van der Waals surface area (Å²) in [6, 6.07) is 12.8. The second-order valence-corrected chi connectivity index (χ2v) is 19.5. The number of fused-ring (bicyclic) bond motifs is 1. The molecule has 64 heavy (non-hydrogen) atoms. The average molecular weight is 885 g/mol. The standard InChI is InChI=1S/C54H80N2O8/c1-5-7-22-49(60)50(61)31-26-40-25-24-39-17-12-16-38(6-2)45(39)19-13-23-51(53(4,64)54(32-9-8-10-33-54)42-27-29-43(58)30-28-42)56-48(46(40)35-44(59)36-57)21-14-20-47-41(34-52(62)63)18-11-15-37(3)55-47/h12,16-17,26-31,37,41,44,47-51,55-61,64H,5-11,14-15,18,20-25,32-36H2,1-4H3,(H,62,63). The largest absolute Gasteiger partial charge is 0.508 e. The van der Waals surface area contributed by atoms with Gasteiger partial charge in [-0.3, -0.25) is 4.79 Å². The zero-order valence-electron chi connectivity index (χ0n) is 39.2. The predicted molar refractivity (Wildman–Crippen MR) is 255 cm³/mol. The molecule has 0 amide bonds. The van der Waals surface area contributed by atoms with Crippen LogP contribution in [0.1, 0.15) is 166 Å². The van der Waals surface area contributed by atoms with E-state index in [0.717, 1.165) is 110 Å². The van der Waals surface area contributed by atoms with Gasteiger partial charge in [-0.05, 0) is 130 Å². The smallest absolute Gasteiger partial charge is 0.303 e. The summed E-state index contributed by atoms with van der Waals surface area (Å²) >= 11 is 0. The number of phenols is 1. The van der Waals surface area contributed by atoms with Crippen molar-refractivity contribution in [2.75, 3.05) is 6.61 Å². The molecule has 3 aliphatic rings. The Labute approximate surface area is 383 Å². The van der Waals surface area contributed by atoms with Crippen LogP contribution >= 0.6 is 0 Å². The molecule has 10 heteroatoms. The Hall–Kier alpha value is -3.53. The van der Waals surface area contributed by atoms with E-state index in [1.165, 1.54) is 0 Å². The average Bonchev–Trinajstić information content (AvgIpc) is 3.45. The van der Waals surface area contributed by atoms with E-state index in [-0.39, 0.29) is 36.6 Å². The van der Waals surface area contributed by atoms with Gasteiger partial charge in [-0.15, -0.1) is 0 Å². The van der Waals surface area contributed by atoms with Crippen molar-refractivity contribution in [1.29, 1.82) is 0 Å². The number of hydrogen-bond acceptors (Lipinski definition) is 9. The van der Waals surface area contributed by atoms with Crippen LogP contribution in [0, 0.1) is 17.8 Å². The molecule has 0 radical (unpaired) electrons. The van der Waals surface area contributed by atoms with Crippen LogP contribution in [-0.2, 0) is 23.1 Å². The summed E-state index contributed by atoms with van der Waals surface area (Å²) in [5.74, 6) is 6.50. The SMILES string of the molecule is CCCCC(O)C(O)C=CC1=C(CC(O)CO)C(CCCC2NC(C)CCCC2CC(=O)O)NC(C(C)(O)C2(c3ccc(O)cc3)CCCCC2)CC#Cc2c(CC)cccc2CC1. The summed E-state index contributed by atoms with van der Waals surface area (Å²) in [4.78, 5) is 12.1. The molecule has 2 heterocycles. The van der Waals surface area contributed by atoms with Gasteiger partial charge in [-0.1, -0.05) is 113 Å². The van der Waals surface area contributed by atoms with Gasteiger partial charge in [0, 0.05) is 48.0 Å². The zero-order chi connectivity index (χ0) is 46.3. The molecular weight excluding hydrogens is 805 g/mol. The summed E-state index contributed by atoms with van der Waals surface area (Å²) in [5, 5.41) is 85.6. The molecule has 10 nitrogen and oxygen atoms in total. The molecule has 2 fully saturated rings. The van der Waals surface area contributed by atoms with Crippen LogP contribution in [0.5, 0.6) is 5.75 Å². The van der Waals surface area contributed by atoms with Gasteiger partial charge >= 0.3 is 5.97 Å². The molecule has 9 unspecified atom stereocenters. The molecule has 1 aliphatic carbocycles. The highest BCUT2D eigenvalue weighted by atomic mass is 16.4. The van der Waals surface area contributed by atoms with Crippen LogP contribution in [-0.4, -0.2) is 96.4 Å². The van der Waals surface area contributed by atoms with E-state index >= 15 is 0 Å². The van der Waals surface area contributed by atoms with Gasteiger partial charge in [0.1, 0.15) is 5.75 Å². The lowest BCUT2D eigenvalue weighted by Crippen LogP contribution is -2.63. The van der Waals surface area contributed by atoms with Crippen molar-refractivity contribution < 1.29 is 40.5 Å². The molecule has 2 aromatic rings. The van der Waals surface area contributed by atoms with Gasteiger partial charge in [0.05, 0.1) is 30.5 Å². The highest BCUT2D eigenvalue weighted by molar-refractivity contribution is 5.67. The maximum atomic E-state index is 13.5. The fourth-order valence-electron chi connectivity index (χ4n) is 11.1. The molecule has 1 saturated carbocycles. The number of carbonyl (C=O) groups is 1. The van der Waals surface area contributed by atoms with Crippen molar-refractivity contribution in [2.24, 2.45) is 5.92 Å². The maximum Gasteiger partial charge on any atom is 0.303 e. The molecule has 2 aromatic carbocycles. The molecular formula is C54H80N2O8. The summed E-state index contributed by atoms with van der Waals surface area (Å²) in [6.45, 7) is 7.82. The number of allylic oxidation sites excluding steroid dienone is 2. The number of aromatic hydroxyl groups is 1. The molecule has 354 valence electrons. The van der Waals surface area contributed by atoms with E-state index in [4.69, 9.17) is 0 Å². The normalized spacial score (nSPS) is 25.7. The van der Waals surface area contributed by atoms with E-state index in [9.17, 15) is 40.5 Å². The number of aliphatic hydroxyl groups excluding tert-OH is 4. The monoisotopic (exact) mass is 885 g/mol. The number of phenolic OH excluding ortho intramolecular Hbond substituents is 1. The highest BCUT2D eigenvalue weighted by Crippen LogP contribution is 2.50. The summed E-state index contributed by atoms with van der Waals surface area (Å²) in [5.41, 5.74) is 3.87. The lowest BCUT2D eigenvalue weighted by molar-refractivity contribution is -0.138.